The van der Waals surface area contributed by atoms with Crippen LogP contribution in [0, 0.1) is 0 Å². The zero-order valence-corrected chi connectivity index (χ0v) is 45.8. The maximum absolute atomic E-state index is 5.33. The van der Waals surface area contributed by atoms with Gasteiger partial charge in [0.15, 0.2) is 11.6 Å². The summed E-state index contributed by atoms with van der Waals surface area (Å²) < 4.78 is 5.24. The molecule has 0 amide bonds. The fraction of sp³-hybridized carbons (Fsp3) is 0.0263. The van der Waals surface area contributed by atoms with Gasteiger partial charge in [-0.2, -0.15) is 0 Å². The lowest BCUT2D eigenvalue weighted by atomic mass is 9.60. The third kappa shape index (κ3) is 7.78. The molecule has 4 aromatic heterocycles. The van der Waals surface area contributed by atoms with Crippen LogP contribution in [0.3, 0.4) is 0 Å². The Morgan fingerprint density at radius 2 is 0.537 bits per heavy atom. The van der Waals surface area contributed by atoms with Crippen molar-refractivity contribution in [3.63, 3.8) is 0 Å². The Hall–Kier alpha value is -9.98. The molecule has 2 bridgehead atoms. The minimum atomic E-state index is 0.0494. The second-order valence-corrected chi connectivity index (χ2v) is 23.8. The molecule has 3 aliphatic rings. The van der Waals surface area contributed by atoms with Gasteiger partial charge in [0, 0.05) is 85.6 Å². The van der Waals surface area contributed by atoms with E-state index in [0.717, 1.165) is 56.2 Å². The van der Waals surface area contributed by atoms with Crippen LogP contribution >= 0.6 is 22.7 Å². The van der Waals surface area contributed by atoms with E-state index >= 15 is 0 Å². The molecule has 15 aromatic rings. The van der Waals surface area contributed by atoms with Gasteiger partial charge in [0.05, 0.1) is 22.8 Å². The molecule has 0 aliphatic heterocycles. The van der Waals surface area contributed by atoms with E-state index in [0.29, 0.717) is 11.6 Å². The summed E-state index contributed by atoms with van der Waals surface area (Å²) >= 11 is 3.71. The third-order valence-corrected chi connectivity index (χ3v) is 19.2. The van der Waals surface area contributed by atoms with Crippen molar-refractivity contribution in [1.29, 1.82) is 0 Å². The van der Waals surface area contributed by atoms with Gasteiger partial charge in [-0.25, -0.2) is 19.9 Å². The number of nitrogens with zero attached hydrogens (tertiary/aromatic N) is 4. The molecule has 18 rings (SSSR count). The van der Waals surface area contributed by atoms with E-state index in [1.807, 2.05) is 34.8 Å². The van der Waals surface area contributed by atoms with Crippen LogP contribution in [0.5, 0.6) is 0 Å². The van der Waals surface area contributed by atoms with Gasteiger partial charge in [-0.05, 0) is 104 Å². The van der Waals surface area contributed by atoms with E-state index in [2.05, 4.69) is 255 Å². The number of hydrogen-bond acceptors (Lipinski definition) is 6. The summed E-state index contributed by atoms with van der Waals surface area (Å²) in [7, 11) is 0. The first-order valence-electron chi connectivity index (χ1n) is 27.9. The van der Waals surface area contributed by atoms with Gasteiger partial charge in [-0.1, -0.05) is 218 Å². The maximum Gasteiger partial charge on any atom is 0.160 e. The van der Waals surface area contributed by atoms with Gasteiger partial charge >= 0.3 is 0 Å². The molecular weight excluding hydrogens is 1030 g/mol. The summed E-state index contributed by atoms with van der Waals surface area (Å²) in [5.74, 6) is 1.51. The fourth-order valence-corrected chi connectivity index (χ4v) is 15.2. The molecule has 0 fully saturated rings. The first kappa shape index (κ1) is 46.9. The molecule has 11 aromatic carbocycles. The number of fused-ring (bicyclic) bond motifs is 6. The average Bonchev–Trinajstić information content (AvgIpc) is 1.30. The first-order chi connectivity index (χ1) is 40.6. The summed E-state index contributed by atoms with van der Waals surface area (Å²) in [6.07, 6.45) is 0. The van der Waals surface area contributed by atoms with E-state index in [1.165, 1.54) is 96.0 Å². The predicted octanol–water partition coefficient (Wildman–Crippen LogP) is 20.3. The van der Waals surface area contributed by atoms with Crippen molar-refractivity contribution in [2.45, 2.75) is 11.8 Å². The Morgan fingerprint density at radius 1 is 0.207 bits per heavy atom. The number of aromatic nitrogens is 4. The normalized spacial score (nSPS) is 14.1. The molecule has 0 spiro atoms. The average molecular weight is 1080 g/mol. The highest BCUT2D eigenvalue weighted by Crippen LogP contribution is 2.57. The largest absolute Gasteiger partial charge is 0.228 e. The van der Waals surface area contributed by atoms with Crippen molar-refractivity contribution in [3.05, 3.63) is 300 Å². The molecule has 0 radical (unpaired) electrons. The SMILES string of the molecule is c1ccc(-c2nc(-c3ccc(-c4ccc5c(c4)sc4ccccc45)cc3)cc(-c3ccc4c(c3)C3c5ccccc5C4c4cc(-c5cc(-c6ccc(-c7ccc8c(c7)sc7ccccc78)cc6)nc(-c6ccccc6)n5)ccc43)n2)cc1. The highest BCUT2D eigenvalue weighted by atomic mass is 32.1. The summed E-state index contributed by atoms with van der Waals surface area (Å²) in [5.41, 5.74) is 22.6. The molecule has 0 N–H and O–H groups in total. The zero-order chi connectivity index (χ0) is 53.8. The van der Waals surface area contributed by atoms with Crippen molar-refractivity contribution in [2.24, 2.45) is 0 Å². The molecule has 82 heavy (non-hydrogen) atoms. The molecule has 2 atom stereocenters. The minimum Gasteiger partial charge on any atom is -0.228 e. The summed E-state index contributed by atoms with van der Waals surface area (Å²) in [6.45, 7) is 0. The Kier molecular flexibility index (Phi) is 10.8. The van der Waals surface area contributed by atoms with Crippen LogP contribution in [0.1, 0.15) is 45.2 Å². The number of benzene rings is 11. The molecule has 0 saturated carbocycles. The molecule has 4 nitrogen and oxygen atoms in total. The number of thiophene rings is 2. The minimum absolute atomic E-state index is 0.0494. The highest BCUT2D eigenvalue weighted by Gasteiger charge is 2.41. The number of hydrogen-bond donors (Lipinski definition) is 0. The van der Waals surface area contributed by atoms with Crippen LogP contribution in [0.25, 0.3) is 130 Å². The van der Waals surface area contributed by atoms with E-state index in [4.69, 9.17) is 19.9 Å². The zero-order valence-electron chi connectivity index (χ0n) is 44.2. The molecular formula is C76H46N4S2. The van der Waals surface area contributed by atoms with Crippen LogP contribution < -0.4 is 0 Å². The smallest absolute Gasteiger partial charge is 0.160 e. The van der Waals surface area contributed by atoms with Gasteiger partial charge < -0.3 is 0 Å². The maximum atomic E-state index is 5.33. The van der Waals surface area contributed by atoms with E-state index in [9.17, 15) is 0 Å². The van der Waals surface area contributed by atoms with Gasteiger partial charge in [-0.3, -0.25) is 0 Å². The fourth-order valence-electron chi connectivity index (χ4n) is 12.9. The molecule has 4 heterocycles. The summed E-state index contributed by atoms with van der Waals surface area (Å²) in [6, 6.07) is 96.9. The van der Waals surface area contributed by atoms with Gasteiger partial charge in [0.1, 0.15) is 0 Å². The van der Waals surface area contributed by atoms with Gasteiger partial charge in [-0.15, -0.1) is 22.7 Å². The van der Waals surface area contributed by atoms with E-state index in [-0.39, 0.29) is 11.8 Å². The van der Waals surface area contributed by atoms with Crippen LogP contribution in [-0.4, -0.2) is 19.9 Å². The standard InChI is InChI=1S/C76H46N4S2/c1-3-13-49(14-4-1)75-77-65(47-27-23-45(24-28-47)51-31-35-57-55-17-9-11-21-69(55)81-71(57)41-51)43-67(79-75)53-33-37-61-63(39-53)73-59-19-7-8-20-60(59)74(61)64-40-54(34-38-62(64)73)68-44-66(78-76(80-68)50-15-5-2-6-16-50)48-29-25-46(26-30-48)52-32-36-58-56-18-10-12-22-70(56)82-72(58)42-52/h1-44,73-74H. The third-order valence-electron chi connectivity index (χ3n) is 16.9. The van der Waals surface area contributed by atoms with Crippen molar-refractivity contribution in [3.8, 4) is 90.1 Å². The Morgan fingerprint density at radius 3 is 0.976 bits per heavy atom. The predicted molar refractivity (Wildman–Crippen MR) is 342 cm³/mol. The number of rotatable bonds is 8. The van der Waals surface area contributed by atoms with E-state index < -0.39 is 0 Å². The summed E-state index contributed by atoms with van der Waals surface area (Å²) in [4.78, 5) is 21.1. The topological polar surface area (TPSA) is 51.6 Å². The molecule has 3 aliphatic carbocycles. The lowest BCUT2D eigenvalue weighted by Gasteiger charge is -2.42. The van der Waals surface area contributed by atoms with Crippen molar-refractivity contribution in [2.75, 3.05) is 0 Å². The first-order valence-corrected chi connectivity index (χ1v) is 29.5. The molecule has 382 valence electrons. The van der Waals surface area contributed by atoms with Crippen molar-refractivity contribution in [1.82, 2.24) is 19.9 Å². The van der Waals surface area contributed by atoms with Crippen molar-refractivity contribution < 1.29 is 0 Å². The van der Waals surface area contributed by atoms with Crippen LogP contribution in [0.4, 0.5) is 0 Å². The van der Waals surface area contributed by atoms with Gasteiger partial charge in [0.2, 0.25) is 0 Å². The quantitative estimate of drug-likeness (QED) is 0.152. The van der Waals surface area contributed by atoms with Crippen LogP contribution in [-0.2, 0) is 0 Å². The highest BCUT2D eigenvalue weighted by molar-refractivity contribution is 7.26. The second kappa shape index (κ2) is 18.8. The Labute approximate surface area is 482 Å². The summed E-state index contributed by atoms with van der Waals surface area (Å²) in [5, 5.41) is 5.25. The van der Waals surface area contributed by atoms with E-state index in [1.54, 1.807) is 0 Å². The Bertz CT molecular complexity index is 4720. The molecule has 6 heteroatoms. The lowest BCUT2D eigenvalue weighted by molar-refractivity contribution is 0.755. The van der Waals surface area contributed by atoms with Crippen molar-refractivity contribution >= 4 is 63.0 Å². The lowest BCUT2D eigenvalue weighted by Crippen LogP contribution is -2.27. The molecule has 2 unspecified atom stereocenters. The van der Waals surface area contributed by atoms with Crippen LogP contribution in [0.2, 0.25) is 0 Å². The van der Waals surface area contributed by atoms with Gasteiger partial charge in [0.25, 0.3) is 0 Å². The Balaban J connectivity index is 0.726. The second-order valence-electron chi connectivity index (χ2n) is 21.6. The monoisotopic (exact) mass is 1080 g/mol. The van der Waals surface area contributed by atoms with Crippen LogP contribution in [0.15, 0.2) is 267 Å². The molecule has 0 saturated heterocycles.